The van der Waals surface area contributed by atoms with E-state index in [1.165, 1.54) is 0 Å². The molecule has 0 spiro atoms. The van der Waals surface area contributed by atoms with Crippen molar-refractivity contribution in [2.45, 2.75) is 6.54 Å². The summed E-state index contributed by atoms with van der Waals surface area (Å²) in [6.45, 7) is 0.672. The summed E-state index contributed by atoms with van der Waals surface area (Å²) in [5, 5.41) is 12.0. The van der Waals surface area contributed by atoms with Gasteiger partial charge in [-0.2, -0.15) is 5.26 Å². The number of nitrogens with zero attached hydrogens (tertiary/aromatic N) is 3. The number of nitrogens with one attached hydrogen (secondary N) is 1. The summed E-state index contributed by atoms with van der Waals surface area (Å²) >= 11 is 1.58. The first-order chi connectivity index (χ1) is 7.40. The Bertz CT molecular complexity index is 472. The monoisotopic (exact) mass is 216 g/mol. The molecule has 5 heteroatoms. The van der Waals surface area contributed by atoms with E-state index in [2.05, 4.69) is 21.4 Å². The summed E-state index contributed by atoms with van der Waals surface area (Å²) in [7, 11) is 0. The zero-order valence-electron chi connectivity index (χ0n) is 7.84. The molecule has 2 heterocycles. The van der Waals surface area contributed by atoms with Gasteiger partial charge < -0.3 is 5.32 Å². The normalized spacial score (nSPS) is 9.53. The molecule has 0 amide bonds. The predicted molar refractivity (Wildman–Crippen MR) is 58.4 cm³/mol. The Morgan fingerprint density at radius 2 is 2.33 bits per heavy atom. The maximum absolute atomic E-state index is 8.85. The van der Waals surface area contributed by atoms with Gasteiger partial charge in [-0.15, -0.1) is 11.3 Å². The molecule has 2 rings (SSSR count). The SMILES string of the molecule is N#Cc1ccncc1NCc1cncs1. The summed E-state index contributed by atoms with van der Waals surface area (Å²) in [5.41, 5.74) is 3.15. The van der Waals surface area contributed by atoms with Crippen LogP contribution in [0.15, 0.2) is 30.2 Å². The Labute approximate surface area is 91.2 Å². The summed E-state index contributed by atoms with van der Waals surface area (Å²) in [6, 6.07) is 3.80. The highest BCUT2D eigenvalue weighted by Crippen LogP contribution is 2.14. The zero-order chi connectivity index (χ0) is 10.5. The van der Waals surface area contributed by atoms with Gasteiger partial charge in [-0.05, 0) is 6.07 Å². The van der Waals surface area contributed by atoms with Crippen molar-refractivity contribution in [3.8, 4) is 6.07 Å². The van der Waals surface area contributed by atoms with Crippen molar-refractivity contribution in [3.05, 3.63) is 40.6 Å². The summed E-state index contributed by atoms with van der Waals surface area (Å²) in [5.74, 6) is 0. The van der Waals surface area contributed by atoms with E-state index in [4.69, 9.17) is 5.26 Å². The van der Waals surface area contributed by atoms with Crippen LogP contribution in [0.1, 0.15) is 10.4 Å². The van der Waals surface area contributed by atoms with Crippen LogP contribution in [0.4, 0.5) is 5.69 Å². The molecule has 0 aliphatic heterocycles. The van der Waals surface area contributed by atoms with Crippen molar-refractivity contribution in [1.29, 1.82) is 5.26 Å². The van der Waals surface area contributed by atoms with E-state index in [9.17, 15) is 0 Å². The molecule has 0 saturated carbocycles. The van der Waals surface area contributed by atoms with E-state index < -0.39 is 0 Å². The van der Waals surface area contributed by atoms with Crippen LogP contribution in [0, 0.1) is 11.3 Å². The predicted octanol–water partition coefficient (Wildman–Crippen LogP) is 2.02. The Balaban J connectivity index is 2.08. The molecule has 2 aromatic heterocycles. The van der Waals surface area contributed by atoms with Gasteiger partial charge in [-0.3, -0.25) is 9.97 Å². The van der Waals surface area contributed by atoms with Gasteiger partial charge in [0.15, 0.2) is 0 Å². The van der Waals surface area contributed by atoms with E-state index >= 15 is 0 Å². The van der Waals surface area contributed by atoms with Gasteiger partial charge in [0.2, 0.25) is 0 Å². The Morgan fingerprint density at radius 3 is 3.07 bits per heavy atom. The molecule has 0 unspecified atom stereocenters. The maximum Gasteiger partial charge on any atom is 0.101 e. The highest BCUT2D eigenvalue weighted by Gasteiger charge is 2.01. The van der Waals surface area contributed by atoms with E-state index in [0.29, 0.717) is 12.1 Å². The lowest BCUT2D eigenvalue weighted by atomic mass is 10.2. The molecule has 0 bridgehead atoms. The van der Waals surface area contributed by atoms with Crippen LogP contribution < -0.4 is 5.32 Å². The van der Waals surface area contributed by atoms with Crippen LogP contribution in [0.2, 0.25) is 0 Å². The van der Waals surface area contributed by atoms with Gasteiger partial charge in [-0.1, -0.05) is 0 Å². The minimum absolute atomic E-state index is 0.606. The molecule has 0 aliphatic carbocycles. The van der Waals surface area contributed by atoms with Crippen LogP contribution in [-0.4, -0.2) is 9.97 Å². The molecule has 0 aromatic carbocycles. The number of nitriles is 1. The number of hydrogen-bond acceptors (Lipinski definition) is 5. The second kappa shape index (κ2) is 4.53. The largest absolute Gasteiger partial charge is 0.378 e. The number of hydrogen-bond donors (Lipinski definition) is 1. The van der Waals surface area contributed by atoms with Crippen LogP contribution >= 0.6 is 11.3 Å². The van der Waals surface area contributed by atoms with Crippen molar-refractivity contribution in [2.75, 3.05) is 5.32 Å². The first kappa shape index (κ1) is 9.62. The van der Waals surface area contributed by atoms with Crippen LogP contribution in [0.25, 0.3) is 0 Å². The molecule has 74 valence electrons. The third-order valence-electron chi connectivity index (χ3n) is 1.88. The molecule has 0 fully saturated rings. The molecule has 0 saturated heterocycles. The fourth-order valence-electron chi connectivity index (χ4n) is 1.14. The second-order valence-electron chi connectivity index (χ2n) is 2.85. The molecule has 2 aromatic rings. The van der Waals surface area contributed by atoms with Gasteiger partial charge in [0.05, 0.1) is 29.5 Å². The Hall–Kier alpha value is -1.93. The lowest BCUT2D eigenvalue weighted by Gasteiger charge is -2.04. The fraction of sp³-hybridized carbons (Fsp3) is 0.100. The molecule has 0 atom stereocenters. The molecule has 1 N–H and O–H groups in total. The van der Waals surface area contributed by atoms with Crippen molar-refractivity contribution >= 4 is 17.0 Å². The van der Waals surface area contributed by atoms with Gasteiger partial charge in [0, 0.05) is 17.3 Å². The van der Waals surface area contributed by atoms with Gasteiger partial charge >= 0.3 is 0 Å². The smallest absolute Gasteiger partial charge is 0.101 e. The number of rotatable bonds is 3. The van der Waals surface area contributed by atoms with Crippen molar-refractivity contribution in [2.24, 2.45) is 0 Å². The van der Waals surface area contributed by atoms with E-state index in [0.717, 1.165) is 10.6 Å². The van der Waals surface area contributed by atoms with Crippen LogP contribution in [-0.2, 0) is 6.54 Å². The summed E-state index contributed by atoms with van der Waals surface area (Å²) in [4.78, 5) is 9.07. The summed E-state index contributed by atoms with van der Waals surface area (Å²) < 4.78 is 0. The van der Waals surface area contributed by atoms with E-state index in [1.807, 2.05) is 0 Å². The van der Waals surface area contributed by atoms with E-state index in [1.54, 1.807) is 41.5 Å². The van der Waals surface area contributed by atoms with Gasteiger partial charge in [0.1, 0.15) is 6.07 Å². The third kappa shape index (κ3) is 2.30. The minimum atomic E-state index is 0.606. The number of aromatic nitrogens is 2. The average Bonchev–Trinajstić information content (AvgIpc) is 2.79. The molecule has 15 heavy (non-hydrogen) atoms. The lowest BCUT2D eigenvalue weighted by molar-refractivity contribution is 1.15. The van der Waals surface area contributed by atoms with Crippen molar-refractivity contribution in [3.63, 3.8) is 0 Å². The molecular formula is C10H8N4S. The highest BCUT2D eigenvalue weighted by molar-refractivity contribution is 7.09. The first-order valence-corrected chi connectivity index (χ1v) is 5.23. The second-order valence-corrected chi connectivity index (χ2v) is 3.83. The zero-order valence-corrected chi connectivity index (χ0v) is 8.66. The molecule has 0 aliphatic rings. The molecule has 0 radical (unpaired) electrons. The molecule has 4 nitrogen and oxygen atoms in total. The topological polar surface area (TPSA) is 61.6 Å². The maximum atomic E-state index is 8.85. The third-order valence-corrected chi connectivity index (χ3v) is 2.66. The quantitative estimate of drug-likeness (QED) is 0.852. The van der Waals surface area contributed by atoms with Gasteiger partial charge in [0.25, 0.3) is 0 Å². The first-order valence-electron chi connectivity index (χ1n) is 4.35. The fourth-order valence-corrected chi connectivity index (χ4v) is 1.68. The minimum Gasteiger partial charge on any atom is -0.378 e. The van der Waals surface area contributed by atoms with Crippen LogP contribution in [0.3, 0.4) is 0 Å². The average molecular weight is 216 g/mol. The van der Waals surface area contributed by atoms with Gasteiger partial charge in [-0.25, -0.2) is 0 Å². The van der Waals surface area contributed by atoms with Crippen molar-refractivity contribution in [1.82, 2.24) is 9.97 Å². The number of pyridine rings is 1. The lowest BCUT2D eigenvalue weighted by Crippen LogP contribution is -2.00. The Kier molecular flexibility index (Phi) is 2.90. The highest BCUT2D eigenvalue weighted by atomic mass is 32.1. The Morgan fingerprint density at radius 1 is 1.40 bits per heavy atom. The molecular weight excluding hydrogens is 208 g/mol. The number of thiazole rings is 1. The summed E-state index contributed by atoms with van der Waals surface area (Å²) in [6.07, 6.45) is 5.07. The van der Waals surface area contributed by atoms with Crippen LogP contribution in [0.5, 0.6) is 0 Å². The van der Waals surface area contributed by atoms with Crippen molar-refractivity contribution < 1.29 is 0 Å². The van der Waals surface area contributed by atoms with E-state index in [-0.39, 0.29) is 0 Å². The standard InChI is InChI=1S/C10H8N4S/c11-3-8-1-2-12-6-10(8)14-5-9-4-13-7-15-9/h1-2,4,6-7,14H,5H2. The number of anilines is 1.